The van der Waals surface area contributed by atoms with Crippen molar-refractivity contribution in [2.45, 2.75) is 24.0 Å². The third-order valence-corrected chi connectivity index (χ3v) is 5.62. The minimum Gasteiger partial charge on any atom is -0.462 e. The first-order chi connectivity index (χ1) is 15.4. The number of esters is 1. The first kappa shape index (κ1) is 23.9. The number of hydrogen-bond donors (Lipinski definition) is 1. The molecule has 1 amide bonds. The van der Waals surface area contributed by atoms with Crippen molar-refractivity contribution in [3.05, 3.63) is 48.2 Å². The van der Waals surface area contributed by atoms with E-state index in [0.717, 1.165) is 25.3 Å². The number of anilines is 2. The van der Waals surface area contributed by atoms with Crippen LogP contribution in [0.3, 0.4) is 0 Å². The lowest BCUT2D eigenvalue weighted by Crippen LogP contribution is -2.36. The predicted molar refractivity (Wildman–Crippen MR) is 120 cm³/mol. The predicted octanol–water partition coefficient (Wildman–Crippen LogP) is 3.72. The molecule has 172 valence electrons. The Morgan fingerprint density at radius 2 is 1.91 bits per heavy atom. The molecule has 0 spiro atoms. The van der Waals surface area contributed by atoms with Gasteiger partial charge in [0.2, 0.25) is 5.91 Å². The van der Waals surface area contributed by atoms with Crippen LogP contribution in [0.2, 0.25) is 0 Å². The highest BCUT2D eigenvalue weighted by Gasteiger charge is 2.19. The van der Waals surface area contributed by atoms with Gasteiger partial charge in [0.05, 0.1) is 18.7 Å². The molecular weight excluding hydrogens is 438 g/mol. The Bertz CT molecular complexity index is 897. The number of amides is 1. The molecule has 1 aliphatic rings. The largest absolute Gasteiger partial charge is 0.462 e. The fourth-order valence-corrected chi connectivity index (χ4v) is 3.89. The van der Waals surface area contributed by atoms with Crippen LogP contribution in [0.4, 0.5) is 20.3 Å². The summed E-state index contributed by atoms with van der Waals surface area (Å²) in [6.45, 7) is 5.30. The average Bonchev–Trinajstić information content (AvgIpc) is 3.00. The van der Waals surface area contributed by atoms with E-state index in [2.05, 4.69) is 20.1 Å². The fraction of sp³-hybridized carbons (Fsp3) is 0.409. The molecule has 2 aromatic rings. The van der Waals surface area contributed by atoms with Crippen molar-refractivity contribution in [2.75, 3.05) is 49.5 Å². The number of hydrogen-bond acceptors (Lipinski definition) is 7. The molecule has 3 rings (SSSR count). The average molecular weight is 465 g/mol. The van der Waals surface area contributed by atoms with Crippen LogP contribution in [0.1, 0.15) is 23.7 Å². The van der Waals surface area contributed by atoms with E-state index in [1.165, 1.54) is 6.20 Å². The van der Waals surface area contributed by atoms with Crippen molar-refractivity contribution in [2.24, 2.45) is 0 Å². The molecule has 2 heterocycles. The first-order valence-electron chi connectivity index (χ1n) is 10.4. The summed E-state index contributed by atoms with van der Waals surface area (Å²) in [5.41, 5.74) is 1.00. The van der Waals surface area contributed by atoms with Gasteiger partial charge in [-0.2, -0.15) is 8.78 Å². The van der Waals surface area contributed by atoms with Crippen LogP contribution in [0.25, 0.3) is 0 Å². The Morgan fingerprint density at radius 1 is 1.12 bits per heavy atom. The number of carbonyl (C=O) groups excluding carboxylic acids is 2. The molecule has 0 bridgehead atoms. The van der Waals surface area contributed by atoms with E-state index in [-0.39, 0.29) is 18.4 Å². The molecule has 0 aliphatic carbocycles. The molecule has 0 atom stereocenters. The maximum atomic E-state index is 12.4. The number of pyridine rings is 1. The molecule has 1 aromatic carbocycles. The van der Waals surface area contributed by atoms with E-state index >= 15 is 0 Å². The summed E-state index contributed by atoms with van der Waals surface area (Å²) >= 11 is 0.472. The summed E-state index contributed by atoms with van der Waals surface area (Å²) in [5.74, 6) is -2.22. The molecular formula is C22H26F2N4O3S. The van der Waals surface area contributed by atoms with Crippen molar-refractivity contribution >= 4 is 35.1 Å². The van der Waals surface area contributed by atoms with Gasteiger partial charge < -0.3 is 15.0 Å². The number of ether oxygens (including phenoxy) is 1. The third kappa shape index (κ3) is 7.16. The van der Waals surface area contributed by atoms with Crippen LogP contribution < -0.4 is 10.2 Å². The van der Waals surface area contributed by atoms with Crippen molar-refractivity contribution in [1.29, 1.82) is 0 Å². The van der Waals surface area contributed by atoms with Gasteiger partial charge in [0, 0.05) is 43.0 Å². The second-order valence-electron chi connectivity index (χ2n) is 7.19. The number of rotatable bonds is 8. The van der Waals surface area contributed by atoms with Gasteiger partial charge in [0.25, 0.3) is 5.76 Å². The Morgan fingerprint density at radius 3 is 2.56 bits per heavy atom. The SMILES string of the molecule is CCOC(=O)c1ccc(N2CCCN(CC(=O)Nc3ccc(SC(F)F)cc3)CC2)nc1. The monoisotopic (exact) mass is 464 g/mol. The minimum absolute atomic E-state index is 0.148. The highest BCUT2D eigenvalue weighted by Crippen LogP contribution is 2.26. The molecule has 32 heavy (non-hydrogen) atoms. The number of benzene rings is 1. The maximum Gasteiger partial charge on any atom is 0.339 e. The molecule has 1 aromatic heterocycles. The number of carbonyl (C=O) groups is 2. The number of halogens is 2. The van der Waals surface area contributed by atoms with Crippen LogP contribution >= 0.6 is 11.8 Å². The number of nitrogens with zero attached hydrogens (tertiary/aromatic N) is 3. The van der Waals surface area contributed by atoms with Crippen molar-refractivity contribution in [3.8, 4) is 0 Å². The van der Waals surface area contributed by atoms with Crippen molar-refractivity contribution < 1.29 is 23.1 Å². The molecule has 0 saturated carbocycles. The molecule has 0 radical (unpaired) electrons. The van der Waals surface area contributed by atoms with E-state index in [1.54, 1.807) is 37.3 Å². The third-order valence-electron chi connectivity index (χ3n) is 4.90. The normalized spacial score (nSPS) is 14.8. The standard InChI is InChI=1S/C22H26F2N4O3S/c1-2-31-21(30)16-4-9-19(25-14-16)28-11-3-10-27(12-13-28)15-20(29)26-17-5-7-18(8-6-17)32-22(23)24/h4-9,14,22H,2-3,10-13,15H2,1H3,(H,26,29). The molecule has 7 nitrogen and oxygen atoms in total. The van der Waals surface area contributed by atoms with Crippen LogP contribution in [0.5, 0.6) is 0 Å². The van der Waals surface area contributed by atoms with Crippen LogP contribution in [-0.4, -0.2) is 66.8 Å². The fourth-order valence-electron chi connectivity index (χ4n) is 3.39. The van der Waals surface area contributed by atoms with Crippen LogP contribution in [0, 0.1) is 0 Å². The van der Waals surface area contributed by atoms with Gasteiger partial charge in [-0.1, -0.05) is 11.8 Å². The van der Waals surface area contributed by atoms with E-state index in [0.29, 0.717) is 47.6 Å². The molecule has 0 unspecified atom stereocenters. The molecule has 10 heteroatoms. The zero-order valence-electron chi connectivity index (χ0n) is 17.8. The highest BCUT2D eigenvalue weighted by atomic mass is 32.2. The second kappa shape index (κ2) is 11.8. The van der Waals surface area contributed by atoms with E-state index < -0.39 is 5.76 Å². The Labute approximate surface area is 190 Å². The lowest BCUT2D eigenvalue weighted by Gasteiger charge is -2.22. The van der Waals surface area contributed by atoms with E-state index in [9.17, 15) is 18.4 Å². The highest BCUT2D eigenvalue weighted by molar-refractivity contribution is 7.99. The second-order valence-corrected chi connectivity index (χ2v) is 8.26. The van der Waals surface area contributed by atoms with E-state index in [1.807, 2.05) is 6.07 Å². The van der Waals surface area contributed by atoms with Crippen LogP contribution in [-0.2, 0) is 9.53 Å². The molecule has 1 saturated heterocycles. The Kier molecular flexibility index (Phi) is 8.81. The van der Waals surface area contributed by atoms with E-state index in [4.69, 9.17) is 4.74 Å². The minimum atomic E-state index is -2.47. The Hall–Kier alpha value is -2.72. The summed E-state index contributed by atoms with van der Waals surface area (Å²) in [6, 6.07) is 9.90. The molecule has 1 fully saturated rings. The summed E-state index contributed by atoms with van der Waals surface area (Å²) in [4.78, 5) is 33.2. The van der Waals surface area contributed by atoms with Gasteiger partial charge in [-0.05, 0) is 49.7 Å². The first-order valence-corrected chi connectivity index (χ1v) is 11.3. The number of thioether (sulfide) groups is 1. The van der Waals surface area contributed by atoms with Gasteiger partial charge in [0.1, 0.15) is 5.82 Å². The van der Waals surface area contributed by atoms with Crippen molar-refractivity contribution in [3.63, 3.8) is 0 Å². The summed E-state index contributed by atoms with van der Waals surface area (Å²) in [6.07, 6.45) is 2.39. The number of aromatic nitrogens is 1. The summed E-state index contributed by atoms with van der Waals surface area (Å²) in [5, 5.41) is 2.81. The number of nitrogens with one attached hydrogen (secondary N) is 1. The topological polar surface area (TPSA) is 74.8 Å². The molecule has 1 N–H and O–H groups in total. The summed E-state index contributed by atoms with van der Waals surface area (Å²) in [7, 11) is 0. The smallest absolute Gasteiger partial charge is 0.339 e. The zero-order chi connectivity index (χ0) is 22.9. The summed E-state index contributed by atoms with van der Waals surface area (Å²) < 4.78 is 29.8. The number of alkyl halides is 2. The zero-order valence-corrected chi connectivity index (χ0v) is 18.6. The van der Waals surface area contributed by atoms with Gasteiger partial charge >= 0.3 is 5.97 Å². The Balaban J connectivity index is 1.48. The van der Waals surface area contributed by atoms with Gasteiger partial charge in [-0.3, -0.25) is 9.69 Å². The molecule has 1 aliphatic heterocycles. The quantitative estimate of drug-likeness (QED) is 0.471. The van der Waals surface area contributed by atoms with Gasteiger partial charge in [-0.25, -0.2) is 9.78 Å². The lowest BCUT2D eigenvalue weighted by molar-refractivity contribution is -0.117. The lowest BCUT2D eigenvalue weighted by atomic mass is 10.2. The maximum absolute atomic E-state index is 12.4. The van der Waals surface area contributed by atoms with Gasteiger partial charge in [-0.15, -0.1) is 0 Å². The van der Waals surface area contributed by atoms with Crippen molar-refractivity contribution in [1.82, 2.24) is 9.88 Å². The van der Waals surface area contributed by atoms with Crippen LogP contribution in [0.15, 0.2) is 47.5 Å². The van der Waals surface area contributed by atoms with Gasteiger partial charge in [0.15, 0.2) is 0 Å².